The molecule has 1 N–H and O–H groups in total. The molecule has 1 aromatic heterocycles. The molecule has 1 atom stereocenters. The lowest BCUT2D eigenvalue weighted by molar-refractivity contribution is 0.665. The number of rotatable bonds is 4. The molecule has 0 radical (unpaired) electrons. The number of nitrogens with one attached hydrogen (secondary N) is 1. The van der Waals surface area contributed by atoms with Crippen LogP contribution in [0.25, 0.3) is 11.0 Å². The topological polar surface area (TPSA) is 37.8 Å². The fourth-order valence-electron chi connectivity index (χ4n) is 1.91. The van der Waals surface area contributed by atoms with E-state index in [0.29, 0.717) is 0 Å². The molecule has 0 fully saturated rings. The van der Waals surface area contributed by atoms with Crippen LogP contribution in [-0.4, -0.2) is 25.8 Å². The number of aryl methyl sites for hydroxylation is 2. The summed E-state index contributed by atoms with van der Waals surface area (Å²) in [5, 5.41) is 0. The Hall–Kier alpha value is -0.940. The second kappa shape index (κ2) is 5.14. The molecule has 2 rings (SSSR count). The van der Waals surface area contributed by atoms with E-state index in [1.54, 1.807) is 6.26 Å². The van der Waals surface area contributed by atoms with Crippen molar-refractivity contribution in [1.82, 2.24) is 9.55 Å². The lowest BCUT2D eigenvalue weighted by Crippen LogP contribution is -2.03. The van der Waals surface area contributed by atoms with Gasteiger partial charge in [0.2, 0.25) is 0 Å². The van der Waals surface area contributed by atoms with Crippen molar-refractivity contribution in [2.75, 3.05) is 12.0 Å². The van der Waals surface area contributed by atoms with Crippen LogP contribution in [0, 0.1) is 11.7 Å². The van der Waals surface area contributed by atoms with Gasteiger partial charge in [0.25, 0.3) is 0 Å². The summed E-state index contributed by atoms with van der Waals surface area (Å²) in [5.41, 5.74) is 3.43. The monoisotopic (exact) mass is 268 g/mol. The first-order valence-electron chi connectivity index (χ1n) is 5.57. The summed E-state index contributed by atoms with van der Waals surface area (Å²) < 4.78 is 13.9. The van der Waals surface area contributed by atoms with Crippen LogP contribution < -0.4 is 0 Å². The number of H-pyrrole nitrogens is 1. The molecule has 0 aliphatic heterocycles. The van der Waals surface area contributed by atoms with Gasteiger partial charge in [-0.1, -0.05) is 6.07 Å². The fraction of sp³-hybridized carbons (Fsp3) is 0.417. The predicted molar refractivity (Wildman–Crippen MR) is 75.4 cm³/mol. The van der Waals surface area contributed by atoms with E-state index in [9.17, 15) is 4.21 Å². The third-order valence-electron chi connectivity index (χ3n) is 2.74. The van der Waals surface area contributed by atoms with E-state index < -0.39 is 10.8 Å². The highest BCUT2D eigenvalue weighted by atomic mass is 32.2. The van der Waals surface area contributed by atoms with Gasteiger partial charge in [0.05, 0.1) is 11.0 Å². The van der Waals surface area contributed by atoms with Gasteiger partial charge in [0, 0.05) is 29.4 Å². The van der Waals surface area contributed by atoms with Crippen LogP contribution >= 0.6 is 12.2 Å². The third-order valence-corrected chi connectivity index (χ3v) is 3.93. The van der Waals surface area contributed by atoms with Crippen LogP contribution in [0.1, 0.15) is 12.0 Å². The standard InChI is InChI=1S/C12H16N2OS2/c1-9-4-5-10-11(8-9)14(12(16)13-10)6-3-7-17(2)15/h4-5,8H,3,6-7H2,1-2H3,(H,13,16). The smallest absolute Gasteiger partial charge is 0.178 e. The minimum atomic E-state index is -0.729. The van der Waals surface area contributed by atoms with Gasteiger partial charge in [0.15, 0.2) is 4.77 Å². The number of nitrogens with zero attached hydrogens (tertiary/aromatic N) is 1. The van der Waals surface area contributed by atoms with Crippen LogP contribution in [0.15, 0.2) is 18.2 Å². The van der Waals surface area contributed by atoms with Crippen molar-refractivity contribution < 1.29 is 4.21 Å². The first kappa shape index (κ1) is 12.5. The maximum atomic E-state index is 11.0. The molecule has 2 aromatic rings. The number of aromatic nitrogens is 2. The lowest BCUT2D eigenvalue weighted by atomic mass is 10.2. The molecular formula is C12H16N2OS2. The minimum absolute atomic E-state index is 0.722. The summed E-state index contributed by atoms with van der Waals surface area (Å²) in [6.45, 7) is 2.89. The Bertz CT molecular complexity index is 612. The van der Waals surface area contributed by atoms with Crippen LogP contribution in [0.3, 0.4) is 0 Å². The lowest BCUT2D eigenvalue weighted by Gasteiger charge is -2.04. The van der Waals surface area contributed by atoms with E-state index in [0.717, 1.165) is 34.5 Å². The molecule has 0 aliphatic carbocycles. The number of hydrogen-bond acceptors (Lipinski definition) is 2. The van der Waals surface area contributed by atoms with Crippen molar-refractivity contribution >= 4 is 34.1 Å². The fourth-order valence-corrected chi connectivity index (χ4v) is 2.75. The molecule has 5 heteroatoms. The van der Waals surface area contributed by atoms with Gasteiger partial charge >= 0.3 is 0 Å². The average Bonchev–Trinajstić information content (AvgIpc) is 2.55. The summed E-state index contributed by atoms with van der Waals surface area (Å²) in [6.07, 6.45) is 2.62. The molecule has 0 saturated heterocycles. The Labute approximate surface area is 108 Å². The molecule has 1 unspecified atom stereocenters. The van der Waals surface area contributed by atoms with E-state index in [1.165, 1.54) is 5.56 Å². The van der Waals surface area contributed by atoms with Gasteiger partial charge in [-0.2, -0.15) is 0 Å². The molecule has 0 saturated carbocycles. The molecule has 0 amide bonds. The highest BCUT2D eigenvalue weighted by Crippen LogP contribution is 2.16. The summed E-state index contributed by atoms with van der Waals surface area (Å²) in [5.74, 6) is 0.722. The molecule has 92 valence electrons. The van der Waals surface area contributed by atoms with E-state index in [1.807, 2.05) is 0 Å². The quantitative estimate of drug-likeness (QED) is 0.866. The molecule has 3 nitrogen and oxygen atoms in total. The molecule has 0 spiro atoms. The van der Waals surface area contributed by atoms with Crippen molar-refractivity contribution in [1.29, 1.82) is 0 Å². The van der Waals surface area contributed by atoms with Crippen LogP contribution in [0.2, 0.25) is 0 Å². The summed E-state index contributed by atoms with van der Waals surface area (Å²) in [7, 11) is -0.729. The van der Waals surface area contributed by atoms with Crippen molar-refractivity contribution in [2.24, 2.45) is 0 Å². The second-order valence-corrected chi connectivity index (χ2v) is 6.17. The van der Waals surface area contributed by atoms with Crippen molar-refractivity contribution in [2.45, 2.75) is 19.9 Å². The number of hydrogen-bond donors (Lipinski definition) is 1. The Morgan fingerprint density at radius 2 is 2.24 bits per heavy atom. The third kappa shape index (κ3) is 2.84. The summed E-state index contributed by atoms with van der Waals surface area (Å²) in [6, 6.07) is 6.25. The molecule has 0 aliphatic rings. The average molecular weight is 268 g/mol. The zero-order valence-electron chi connectivity index (χ0n) is 10.0. The minimum Gasteiger partial charge on any atom is -0.331 e. The van der Waals surface area contributed by atoms with Crippen LogP contribution in [0.5, 0.6) is 0 Å². The Balaban J connectivity index is 2.32. The van der Waals surface area contributed by atoms with Crippen molar-refractivity contribution in [3.05, 3.63) is 28.5 Å². The zero-order valence-corrected chi connectivity index (χ0v) is 11.7. The van der Waals surface area contributed by atoms with Crippen molar-refractivity contribution in [3.63, 3.8) is 0 Å². The second-order valence-electron chi connectivity index (χ2n) is 4.23. The van der Waals surface area contributed by atoms with E-state index in [4.69, 9.17) is 12.2 Å². The largest absolute Gasteiger partial charge is 0.331 e. The summed E-state index contributed by atoms with van der Waals surface area (Å²) >= 11 is 5.31. The number of benzene rings is 1. The van der Waals surface area contributed by atoms with Crippen molar-refractivity contribution in [3.8, 4) is 0 Å². The first-order valence-corrected chi connectivity index (χ1v) is 7.70. The summed E-state index contributed by atoms with van der Waals surface area (Å²) in [4.78, 5) is 3.19. The van der Waals surface area contributed by atoms with E-state index >= 15 is 0 Å². The maximum absolute atomic E-state index is 11.0. The molecule has 1 heterocycles. The van der Waals surface area contributed by atoms with E-state index in [2.05, 4.69) is 34.7 Å². The normalized spacial score (nSPS) is 13.1. The first-order chi connectivity index (χ1) is 8.08. The van der Waals surface area contributed by atoms with Gasteiger partial charge in [-0.3, -0.25) is 4.21 Å². The molecule has 0 bridgehead atoms. The zero-order chi connectivity index (χ0) is 12.4. The van der Waals surface area contributed by atoms with Gasteiger partial charge in [0.1, 0.15) is 0 Å². The number of fused-ring (bicyclic) bond motifs is 1. The number of imidazole rings is 1. The molecule has 1 aromatic carbocycles. The predicted octanol–water partition coefficient (Wildman–Crippen LogP) is 2.78. The van der Waals surface area contributed by atoms with Gasteiger partial charge in [-0.25, -0.2) is 0 Å². The van der Waals surface area contributed by atoms with Gasteiger partial charge < -0.3 is 9.55 Å². The Morgan fingerprint density at radius 3 is 2.94 bits per heavy atom. The Morgan fingerprint density at radius 1 is 1.47 bits per heavy atom. The van der Waals surface area contributed by atoms with Gasteiger partial charge in [-0.15, -0.1) is 0 Å². The van der Waals surface area contributed by atoms with Crippen LogP contribution in [0.4, 0.5) is 0 Å². The van der Waals surface area contributed by atoms with Gasteiger partial charge in [-0.05, 0) is 43.3 Å². The maximum Gasteiger partial charge on any atom is 0.178 e. The number of aromatic amines is 1. The highest BCUT2D eigenvalue weighted by molar-refractivity contribution is 7.84. The van der Waals surface area contributed by atoms with Crippen LogP contribution in [-0.2, 0) is 17.3 Å². The molecule has 17 heavy (non-hydrogen) atoms. The molecular weight excluding hydrogens is 252 g/mol. The Kier molecular flexibility index (Phi) is 3.79. The van der Waals surface area contributed by atoms with E-state index in [-0.39, 0.29) is 0 Å². The highest BCUT2D eigenvalue weighted by Gasteiger charge is 2.04. The SMILES string of the molecule is Cc1ccc2[nH]c(=S)n(CCCS(C)=O)c2c1.